The molecule has 0 bridgehead atoms. The summed E-state index contributed by atoms with van der Waals surface area (Å²) < 4.78 is 5.73. The van der Waals surface area contributed by atoms with Gasteiger partial charge >= 0.3 is 0 Å². The smallest absolute Gasteiger partial charge is 0.119 e. The molecule has 0 aliphatic carbocycles. The van der Waals surface area contributed by atoms with Crippen molar-refractivity contribution in [2.45, 2.75) is 122 Å². The molecule has 0 saturated heterocycles. The summed E-state index contributed by atoms with van der Waals surface area (Å²) in [4.78, 5) is 0. The van der Waals surface area contributed by atoms with E-state index < -0.39 is 6.10 Å². The number of hydrogen-bond donors (Lipinski definition) is 3. The number of ether oxygens (including phenoxy) is 1. The number of nitrogens with one attached hydrogen (secondary N) is 1. The van der Waals surface area contributed by atoms with Crippen LogP contribution in [0, 0.1) is 0 Å². The second-order valence-corrected chi connectivity index (χ2v) is 9.63. The summed E-state index contributed by atoms with van der Waals surface area (Å²) in [6.07, 6.45) is 16.4. The molecule has 0 amide bonds. The average molecular weight is 450 g/mol. The molecule has 4 heteroatoms. The van der Waals surface area contributed by atoms with Crippen LogP contribution in [0.4, 0.5) is 0 Å². The first-order chi connectivity index (χ1) is 15.6. The molecule has 0 radical (unpaired) electrons. The van der Waals surface area contributed by atoms with Gasteiger partial charge in [-0.25, -0.2) is 0 Å². The standard InChI is InChI=1S/C28H51NO3/c1-4-5-6-7-8-9-10-11-12-13-14-15-25(20-21-30)26-16-18-28(19-17-26)32-23-27(31)22-29-24(2)3/h16-19,24-25,27,29-31H,4-15,20-23H2,1-3H3. The first-order valence-corrected chi connectivity index (χ1v) is 13.3. The molecule has 4 nitrogen and oxygen atoms in total. The molecule has 1 rings (SSSR count). The van der Waals surface area contributed by atoms with Crippen molar-refractivity contribution in [1.82, 2.24) is 5.32 Å². The van der Waals surface area contributed by atoms with Gasteiger partial charge in [-0.2, -0.15) is 0 Å². The molecule has 186 valence electrons. The number of aliphatic hydroxyl groups is 2. The minimum Gasteiger partial charge on any atom is -0.491 e. The van der Waals surface area contributed by atoms with Crippen LogP contribution in [-0.2, 0) is 0 Å². The van der Waals surface area contributed by atoms with Crippen molar-refractivity contribution in [3.05, 3.63) is 29.8 Å². The molecule has 0 aromatic heterocycles. The Morgan fingerprint density at radius 2 is 1.38 bits per heavy atom. The third-order valence-corrected chi connectivity index (χ3v) is 6.19. The lowest BCUT2D eigenvalue weighted by atomic mass is 9.90. The normalized spacial score (nSPS) is 13.4. The summed E-state index contributed by atoms with van der Waals surface area (Å²) in [5.41, 5.74) is 1.28. The molecule has 0 spiro atoms. The Morgan fingerprint density at radius 3 is 1.91 bits per heavy atom. The van der Waals surface area contributed by atoms with Gasteiger partial charge in [0.1, 0.15) is 18.5 Å². The molecule has 0 saturated carbocycles. The third kappa shape index (κ3) is 14.9. The number of unbranched alkanes of at least 4 members (excludes halogenated alkanes) is 10. The van der Waals surface area contributed by atoms with Gasteiger partial charge in [0.05, 0.1) is 0 Å². The minimum absolute atomic E-state index is 0.232. The van der Waals surface area contributed by atoms with Crippen molar-refractivity contribution >= 4 is 0 Å². The van der Waals surface area contributed by atoms with E-state index in [1.54, 1.807) is 0 Å². The molecule has 1 aromatic carbocycles. The zero-order valence-corrected chi connectivity index (χ0v) is 21.2. The van der Waals surface area contributed by atoms with Crippen molar-refractivity contribution < 1.29 is 14.9 Å². The van der Waals surface area contributed by atoms with E-state index in [1.165, 1.54) is 76.2 Å². The van der Waals surface area contributed by atoms with Crippen LogP contribution in [0.3, 0.4) is 0 Å². The van der Waals surface area contributed by atoms with Gasteiger partial charge in [-0.05, 0) is 36.5 Å². The predicted molar refractivity (Wildman–Crippen MR) is 137 cm³/mol. The van der Waals surface area contributed by atoms with Crippen LogP contribution in [0.15, 0.2) is 24.3 Å². The number of benzene rings is 1. The van der Waals surface area contributed by atoms with Gasteiger partial charge in [0.25, 0.3) is 0 Å². The SMILES string of the molecule is CCCCCCCCCCCCCC(CCO)c1ccc(OCC(O)CNC(C)C)cc1. The van der Waals surface area contributed by atoms with E-state index in [9.17, 15) is 10.2 Å². The van der Waals surface area contributed by atoms with E-state index in [2.05, 4.69) is 38.2 Å². The van der Waals surface area contributed by atoms with Crippen molar-refractivity contribution in [2.75, 3.05) is 19.8 Å². The monoisotopic (exact) mass is 449 g/mol. The Labute approximate surface area is 198 Å². The van der Waals surface area contributed by atoms with Crippen LogP contribution in [0.2, 0.25) is 0 Å². The molecular weight excluding hydrogens is 398 g/mol. The highest BCUT2D eigenvalue weighted by atomic mass is 16.5. The summed E-state index contributed by atoms with van der Waals surface area (Å²) >= 11 is 0. The Hall–Kier alpha value is -1.10. The first-order valence-electron chi connectivity index (χ1n) is 13.3. The van der Waals surface area contributed by atoms with Crippen molar-refractivity contribution in [1.29, 1.82) is 0 Å². The molecule has 2 atom stereocenters. The predicted octanol–water partition coefficient (Wildman–Crippen LogP) is 6.59. The highest BCUT2D eigenvalue weighted by Crippen LogP contribution is 2.28. The van der Waals surface area contributed by atoms with E-state index in [-0.39, 0.29) is 13.2 Å². The fraction of sp³-hybridized carbons (Fsp3) is 0.786. The molecule has 0 fully saturated rings. The van der Waals surface area contributed by atoms with Crippen molar-refractivity contribution in [3.63, 3.8) is 0 Å². The summed E-state index contributed by atoms with van der Waals surface area (Å²) in [7, 11) is 0. The molecule has 1 aromatic rings. The quantitative estimate of drug-likeness (QED) is 0.185. The highest BCUT2D eigenvalue weighted by molar-refractivity contribution is 5.29. The molecule has 2 unspecified atom stereocenters. The second-order valence-electron chi connectivity index (χ2n) is 9.63. The van der Waals surface area contributed by atoms with E-state index in [0.29, 0.717) is 18.5 Å². The topological polar surface area (TPSA) is 61.7 Å². The Balaban J connectivity index is 2.24. The number of hydrogen-bond acceptors (Lipinski definition) is 4. The van der Waals surface area contributed by atoms with Crippen LogP contribution < -0.4 is 10.1 Å². The molecule has 32 heavy (non-hydrogen) atoms. The Bertz CT molecular complexity index is 532. The Morgan fingerprint density at radius 1 is 0.812 bits per heavy atom. The van der Waals surface area contributed by atoms with E-state index >= 15 is 0 Å². The van der Waals surface area contributed by atoms with Crippen LogP contribution in [0.5, 0.6) is 5.75 Å². The Kier molecular flexibility index (Phi) is 17.5. The largest absolute Gasteiger partial charge is 0.491 e. The molecule has 0 aliphatic heterocycles. The highest BCUT2D eigenvalue weighted by Gasteiger charge is 2.12. The summed E-state index contributed by atoms with van der Waals surface area (Å²) in [6, 6.07) is 8.57. The molecule has 0 heterocycles. The zero-order valence-electron chi connectivity index (χ0n) is 21.2. The molecule has 0 aliphatic rings. The minimum atomic E-state index is -0.514. The summed E-state index contributed by atoms with van der Waals surface area (Å²) in [6.45, 7) is 7.45. The van der Waals surface area contributed by atoms with Gasteiger partial charge in [-0.3, -0.25) is 0 Å². The van der Waals surface area contributed by atoms with Gasteiger partial charge < -0.3 is 20.3 Å². The van der Waals surface area contributed by atoms with Gasteiger partial charge in [-0.15, -0.1) is 0 Å². The fourth-order valence-electron chi connectivity index (χ4n) is 4.15. The van der Waals surface area contributed by atoms with E-state index in [4.69, 9.17) is 4.74 Å². The first kappa shape index (κ1) is 28.9. The van der Waals surface area contributed by atoms with Crippen LogP contribution in [0.1, 0.15) is 116 Å². The van der Waals surface area contributed by atoms with Gasteiger partial charge in [0, 0.05) is 19.2 Å². The van der Waals surface area contributed by atoms with Gasteiger partial charge in [-0.1, -0.05) is 104 Å². The number of aliphatic hydroxyl groups excluding tert-OH is 2. The molecule has 3 N–H and O–H groups in total. The second kappa shape index (κ2) is 19.4. The van der Waals surface area contributed by atoms with Crippen molar-refractivity contribution in [2.24, 2.45) is 0 Å². The lowest BCUT2D eigenvalue weighted by molar-refractivity contribution is 0.104. The van der Waals surface area contributed by atoms with E-state index in [1.807, 2.05) is 12.1 Å². The maximum absolute atomic E-state index is 9.99. The maximum atomic E-state index is 9.99. The van der Waals surface area contributed by atoms with Crippen LogP contribution in [0.25, 0.3) is 0 Å². The lowest BCUT2D eigenvalue weighted by Crippen LogP contribution is -2.35. The van der Waals surface area contributed by atoms with Crippen molar-refractivity contribution in [3.8, 4) is 5.75 Å². The van der Waals surface area contributed by atoms with Crippen LogP contribution in [-0.4, -0.2) is 42.1 Å². The summed E-state index contributed by atoms with van der Waals surface area (Å²) in [5.74, 6) is 1.20. The lowest BCUT2D eigenvalue weighted by Gasteiger charge is -2.18. The number of rotatable bonds is 21. The maximum Gasteiger partial charge on any atom is 0.119 e. The molecular formula is C28H51NO3. The van der Waals surface area contributed by atoms with E-state index in [0.717, 1.165) is 18.6 Å². The van der Waals surface area contributed by atoms with Crippen LogP contribution >= 0.6 is 0 Å². The fourth-order valence-corrected chi connectivity index (χ4v) is 4.15. The van der Waals surface area contributed by atoms with Gasteiger partial charge in [0.15, 0.2) is 0 Å². The summed E-state index contributed by atoms with van der Waals surface area (Å²) in [5, 5.41) is 22.7. The van der Waals surface area contributed by atoms with Gasteiger partial charge in [0.2, 0.25) is 0 Å². The third-order valence-electron chi connectivity index (χ3n) is 6.19. The average Bonchev–Trinajstić information content (AvgIpc) is 2.79. The zero-order chi connectivity index (χ0) is 23.4.